The van der Waals surface area contributed by atoms with Gasteiger partial charge in [-0.2, -0.15) is 0 Å². The third-order valence-electron chi connectivity index (χ3n) is 3.81. The van der Waals surface area contributed by atoms with E-state index in [1.54, 1.807) is 6.07 Å². The molecule has 2 heterocycles. The summed E-state index contributed by atoms with van der Waals surface area (Å²) in [6.45, 7) is 2.43. The SMILES string of the molecule is Cc1c(CC(=O)O)c2cc(O)c(Cl)cc2n1Cc1csc(Cl)c1. The van der Waals surface area contributed by atoms with E-state index < -0.39 is 5.97 Å². The van der Waals surface area contributed by atoms with Crippen LogP contribution in [0.1, 0.15) is 16.8 Å². The Kier molecular flexibility index (Phi) is 4.27. The van der Waals surface area contributed by atoms with Crippen LogP contribution in [0.25, 0.3) is 10.9 Å². The Morgan fingerprint density at radius 3 is 2.65 bits per heavy atom. The number of hydrogen-bond acceptors (Lipinski definition) is 3. The highest BCUT2D eigenvalue weighted by Crippen LogP contribution is 2.35. The minimum atomic E-state index is -0.917. The van der Waals surface area contributed by atoms with Gasteiger partial charge in [0.15, 0.2) is 0 Å². The van der Waals surface area contributed by atoms with Gasteiger partial charge in [-0.25, -0.2) is 0 Å². The van der Waals surface area contributed by atoms with E-state index in [9.17, 15) is 9.90 Å². The van der Waals surface area contributed by atoms with Gasteiger partial charge in [0.05, 0.1) is 21.3 Å². The lowest BCUT2D eigenvalue weighted by molar-refractivity contribution is -0.136. The second-order valence-corrected chi connectivity index (χ2v) is 7.25. The fourth-order valence-corrected chi connectivity index (χ4v) is 3.80. The molecule has 0 saturated heterocycles. The van der Waals surface area contributed by atoms with Crippen LogP contribution in [0.5, 0.6) is 5.75 Å². The topological polar surface area (TPSA) is 62.5 Å². The Morgan fingerprint density at radius 2 is 2.04 bits per heavy atom. The third kappa shape index (κ3) is 3.04. The molecular weight excluding hydrogens is 357 g/mol. The van der Waals surface area contributed by atoms with E-state index in [0.29, 0.717) is 21.8 Å². The number of carboxylic acids is 1. The van der Waals surface area contributed by atoms with Crippen LogP contribution in [0.2, 0.25) is 9.36 Å². The summed E-state index contributed by atoms with van der Waals surface area (Å²) in [4.78, 5) is 11.2. The van der Waals surface area contributed by atoms with Crippen molar-refractivity contribution >= 4 is 51.4 Å². The second-order valence-electron chi connectivity index (χ2n) is 5.30. The van der Waals surface area contributed by atoms with Gasteiger partial charge in [0.25, 0.3) is 0 Å². The molecule has 3 rings (SSSR count). The Labute approximate surface area is 146 Å². The summed E-state index contributed by atoms with van der Waals surface area (Å²) in [6, 6.07) is 5.08. The van der Waals surface area contributed by atoms with Crippen LogP contribution < -0.4 is 0 Å². The smallest absolute Gasteiger partial charge is 0.307 e. The molecule has 0 spiro atoms. The molecule has 2 N–H and O–H groups in total. The average Bonchev–Trinajstić information content (AvgIpc) is 2.98. The molecule has 120 valence electrons. The van der Waals surface area contributed by atoms with Crippen molar-refractivity contribution in [2.45, 2.75) is 19.9 Å². The molecular formula is C16H13Cl2NO3S. The van der Waals surface area contributed by atoms with E-state index in [0.717, 1.165) is 16.8 Å². The fourth-order valence-electron chi connectivity index (χ4n) is 2.74. The van der Waals surface area contributed by atoms with Crippen molar-refractivity contribution in [3.05, 3.63) is 49.8 Å². The number of phenols is 1. The Bertz CT molecular complexity index is 914. The summed E-state index contributed by atoms with van der Waals surface area (Å²) < 4.78 is 2.70. The molecule has 2 aromatic heterocycles. The van der Waals surface area contributed by atoms with Crippen molar-refractivity contribution in [3.8, 4) is 5.75 Å². The molecule has 3 aromatic rings. The van der Waals surface area contributed by atoms with E-state index in [1.165, 1.54) is 17.4 Å². The molecule has 0 amide bonds. The predicted octanol–water partition coefficient (Wildman–Crippen LogP) is 4.70. The van der Waals surface area contributed by atoms with Gasteiger partial charge in [-0.15, -0.1) is 11.3 Å². The lowest BCUT2D eigenvalue weighted by Crippen LogP contribution is -2.04. The third-order valence-corrected chi connectivity index (χ3v) is 5.26. The van der Waals surface area contributed by atoms with E-state index >= 15 is 0 Å². The molecule has 0 aliphatic carbocycles. The van der Waals surface area contributed by atoms with Crippen LogP contribution in [0.15, 0.2) is 23.6 Å². The second kappa shape index (κ2) is 6.07. The lowest BCUT2D eigenvalue weighted by Gasteiger charge is -2.08. The number of aliphatic carboxylic acids is 1. The van der Waals surface area contributed by atoms with Gasteiger partial charge in [0.2, 0.25) is 0 Å². The summed E-state index contributed by atoms with van der Waals surface area (Å²) in [5.41, 5.74) is 3.35. The molecule has 0 bridgehead atoms. The molecule has 0 radical (unpaired) electrons. The monoisotopic (exact) mass is 369 g/mol. The van der Waals surface area contributed by atoms with Crippen LogP contribution in [0, 0.1) is 6.92 Å². The standard InChI is InChI=1S/C16H13Cl2NO3S/c1-8-10(4-16(21)22)11-3-14(20)12(17)5-13(11)19(8)6-9-2-15(18)23-7-9/h2-3,5,7,20H,4,6H2,1H3,(H,21,22). The van der Waals surface area contributed by atoms with Gasteiger partial charge in [0, 0.05) is 17.6 Å². The zero-order chi connectivity index (χ0) is 16.7. The zero-order valence-electron chi connectivity index (χ0n) is 12.1. The normalized spacial score (nSPS) is 11.3. The van der Waals surface area contributed by atoms with Crippen LogP contribution in [-0.4, -0.2) is 20.7 Å². The molecule has 0 fully saturated rings. The quantitative estimate of drug-likeness (QED) is 0.700. The number of hydrogen-bond donors (Lipinski definition) is 2. The molecule has 1 aromatic carbocycles. The molecule has 7 heteroatoms. The molecule has 0 aliphatic heterocycles. The largest absolute Gasteiger partial charge is 0.506 e. The zero-order valence-corrected chi connectivity index (χ0v) is 14.5. The number of carbonyl (C=O) groups is 1. The fraction of sp³-hybridized carbons (Fsp3) is 0.188. The van der Waals surface area contributed by atoms with E-state index in [2.05, 4.69) is 0 Å². The summed E-state index contributed by atoms with van der Waals surface area (Å²) in [7, 11) is 0. The Balaban J connectivity index is 2.21. The van der Waals surface area contributed by atoms with Crippen LogP contribution in [0.3, 0.4) is 0 Å². The minimum Gasteiger partial charge on any atom is -0.506 e. The predicted molar refractivity (Wildman–Crippen MR) is 93.1 cm³/mol. The van der Waals surface area contributed by atoms with E-state index in [1.807, 2.05) is 22.9 Å². The number of aromatic hydroxyl groups is 1. The summed E-state index contributed by atoms with van der Waals surface area (Å²) in [6.07, 6.45) is -0.110. The highest BCUT2D eigenvalue weighted by atomic mass is 35.5. The number of benzene rings is 1. The first-order valence-corrected chi connectivity index (χ1v) is 8.45. The number of phenolic OH excluding ortho intramolecular Hbond substituents is 1. The summed E-state index contributed by atoms with van der Waals surface area (Å²) in [5, 5.41) is 21.9. The number of fused-ring (bicyclic) bond motifs is 1. The number of halogens is 2. The average molecular weight is 370 g/mol. The highest BCUT2D eigenvalue weighted by molar-refractivity contribution is 7.14. The molecule has 0 unspecified atom stereocenters. The van der Waals surface area contributed by atoms with Crippen molar-refractivity contribution in [1.82, 2.24) is 4.57 Å². The number of nitrogens with zero attached hydrogens (tertiary/aromatic N) is 1. The van der Waals surface area contributed by atoms with Gasteiger partial charge in [-0.3, -0.25) is 4.79 Å². The Morgan fingerprint density at radius 1 is 1.30 bits per heavy atom. The number of aromatic nitrogens is 1. The van der Waals surface area contributed by atoms with Gasteiger partial charge in [-0.05, 0) is 41.6 Å². The van der Waals surface area contributed by atoms with Gasteiger partial charge in [-0.1, -0.05) is 23.2 Å². The lowest BCUT2D eigenvalue weighted by atomic mass is 10.1. The van der Waals surface area contributed by atoms with Crippen molar-refractivity contribution < 1.29 is 15.0 Å². The molecule has 0 atom stereocenters. The van der Waals surface area contributed by atoms with Gasteiger partial charge < -0.3 is 14.8 Å². The minimum absolute atomic E-state index is 0.0541. The first kappa shape index (κ1) is 16.2. The van der Waals surface area contributed by atoms with E-state index in [-0.39, 0.29) is 17.2 Å². The maximum Gasteiger partial charge on any atom is 0.307 e. The number of thiophene rings is 1. The number of carboxylic acid groups (broad SMARTS) is 1. The summed E-state index contributed by atoms with van der Waals surface area (Å²) in [5.74, 6) is -0.971. The van der Waals surface area contributed by atoms with Gasteiger partial charge >= 0.3 is 5.97 Å². The molecule has 0 aliphatic rings. The maximum atomic E-state index is 11.2. The summed E-state index contributed by atoms with van der Waals surface area (Å²) >= 11 is 13.5. The highest BCUT2D eigenvalue weighted by Gasteiger charge is 2.18. The van der Waals surface area contributed by atoms with Gasteiger partial charge in [0.1, 0.15) is 5.75 Å². The van der Waals surface area contributed by atoms with Crippen molar-refractivity contribution in [2.24, 2.45) is 0 Å². The first-order chi connectivity index (χ1) is 10.9. The van der Waals surface area contributed by atoms with Crippen molar-refractivity contribution in [2.75, 3.05) is 0 Å². The first-order valence-electron chi connectivity index (χ1n) is 6.81. The number of rotatable bonds is 4. The Hall–Kier alpha value is -1.69. The molecule has 0 saturated carbocycles. The molecule has 4 nitrogen and oxygen atoms in total. The molecule has 23 heavy (non-hydrogen) atoms. The van der Waals surface area contributed by atoms with Crippen molar-refractivity contribution in [3.63, 3.8) is 0 Å². The van der Waals surface area contributed by atoms with Crippen LogP contribution in [-0.2, 0) is 17.8 Å². The van der Waals surface area contributed by atoms with Crippen LogP contribution in [0.4, 0.5) is 0 Å². The van der Waals surface area contributed by atoms with Crippen LogP contribution >= 0.6 is 34.5 Å². The maximum absolute atomic E-state index is 11.2. The van der Waals surface area contributed by atoms with Crippen molar-refractivity contribution in [1.29, 1.82) is 0 Å². The van der Waals surface area contributed by atoms with E-state index in [4.69, 9.17) is 28.3 Å².